The van der Waals surface area contributed by atoms with Crippen LogP contribution >= 0.6 is 0 Å². The standard InChI is InChI=1S/C15H19FN2O/c1-18-13-4-6-14(7-5-13)19-10-12-3-2-11(9-17)8-15(12)16/h2-3,8,13-14,18H,4-7,10H2,1H3. The van der Waals surface area contributed by atoms with E-state index >= 15 is 0 Å². The summed E-state index contributed by atoms with van der Waals surface area (Å²) in [5, 5.41) is 12.0. The second kappa shape index (κ2) is 6.65. The van der Waals surface area contributed by atoms with Crippen LogP contribution in [0.25, 0.3) is 0 Å². The molecule has 0 radical (unpaired) electrons. The molecule has 1 saturated carbocycles. The summed E-state index contributed by atoms with van der Waals surface area (Å²) in [6.45, 7) is 0.284. The fraction of sp³-hybridized carbons (Fsp3) is 0.533. The van der Waals surface area contributed by atoms with Gasteiger partial charge >= 0.3 is 0 Å². The van der Waals surface area contributed by atoms with Gasteiger partial charge in [-0.25, -0.2) is 4.39 Å². The van der Waals surface area contributed by atoms with Crippen molar-refractivity contribution in [2.45, 2.75) is 44.4 Å². The number of halogens is 1. The second-order valence-corrected chi connectivity index (χ2v) is 4.99. The average molecular weight is 262 g/mol. The van der Waals surface area contributed by atoms with Gasteiger partial charge in [-0.3, -0.25) is 0 Å². The van der Waals surface area contributed by atoms with Crippen LogP contribution in [0.15, 0.2) is 18.2 Å². The molecule has 4 heteroatoms. The Hall–Kier alpha value is -1.44. The normalized spacial score (nSPS) is 23.0. The van der Waals surface area contributed by atoms with Gasteiger partial charge in [0.15, 0.2) is 0 Å². The van der Waals surface area contributed by atoms with Crippen LogP contribution < -0.4 is 5.32 Å². The fourth-order valence-electron chi connectivity index (χ4n) is 2.46. The summed E-state index contributed by atoms with van der Waals surface area (Å²) in [5.74, 6) is -0.358. The maximum absolute atomic E-state index is 13.7. The zero-order valence-electron chi connectivity index (χ0n) is 11.2. The molecule has 0 aromatic heterocycles. The van der Waals surface area contributed by atoms with E-state index in [4.69, 9.17) is 10.00 Å². The van der Waals surface area contributed by atoms with Crippen molar-refractivity contribution >= 4 is 0 Å². The van der Waals surface area contributed by atoms with Crippen molar-refractivity contribution in [1.82, 2.24) is 5.32 Å². The Morgan fingerprint density at radius 1 is 1.37 bits per heavy atom. The molecule has 0 aliphatic heterocycles. The molecule has 102 valence electrons. The highest BCUT2D eigenvalue weighted by Crippen LogP contribution is 2.22. The summed E-state index contributed by atoms with van der Waals surface area (Å²) < 4.78 is 19.4. The van der Waals surface area contributed by atoms with E-state index in [1.54, 1.807) is 12.1 Å². The zero-order valence-corrected chi connectivity index (χ0v) is 11.2. The van der Waals surface area contributed by atoms with Crippen molar-refractivity contribution in [3.8, 4) is 6.07 Å². The van der Waals surface area contributed by atoms with Crippen LogP contribution in [0.4, 0.5) is 4.39 Å². The summed E-state index contributed by atoms with van der Waals surface area (Å²) in [4.78, 5) is 0. The van der Waals surface area contributed by atoms with Gasteiger partial charge in [-0.15, -0.1) is 0 Å². The SMILES string of the molecule is CNC1CCC(OCc2ccc(C#N)cc2F)CC1. The number of nitrogens with zero attached hydrogens (tertiary/aromatic N) is 1. The minimum absolute atomic E-state index is 0.222. The van der Waals surface area contributed by atoms with Gasteiger partial charge in [0, 0.05) is 11.6 Å². The zero-order chi connectivity index (χ0) is 13.7. The molecule has 0 bridgehead atoms. The van der Waals surface area contributed by atoms with Crippen LogP contribution in [0.5, 0.6) is 0 Å². The molecule has 0 atom stereocenters. The topological polar surface area (TPSA) is 45.0 Å². The van der Waals surface area contributed by atoms with Gasteiger partial charge in [0.2, 0.25) is 0 Å². The van der Waals surface area contributed by atoms with E-state index in [2.05, 4.69) is 5.32 Å². The Morgan fingerprint density at radius 3 is 2.68 bits per heavy atom. The van der Waals surface area contributed by atoms with E-state index in [0.717, 1.165) is 25.7 Å². The lowest BCUT2D eigenvalue weighted by molar-refractivity contribution is 0.0106. The lowest BCUT2D eigenvalue weighted by Gasteiger charge is -2.28. The quantitative estimate of drug-likeness (QED) is 0.907. The van der Waals surface area contributed by atoms with Crippen molar-refractivity contribution in [2.75, 3.05) is 7.05 Å². The molecule has 1 N–H and O–H groups in total. The van der Waals surface area contributed by atoms with Gasteiger partial charge in [-0.2, -0.15) is 5.26 Å². The number of hydrogen-bond donors (Lipinski definition) is 1. The highest BCUT2D eigenvalue weighted by atomic mass is 19.1. The molecule has 19 heavy (non-hydrogen) atoms. The molecule has 1 aliphatic rings. The van der Waals surface area contributed by atoms with Crippen molar-refractivity contribution in [3.63, 3.8) is 0 Å². The van der Waals surface area contributed by atoms with Gasteiger partial charge in [0.25, 0.3) is 0 Å². The van der Waals surface area contributed by atoms with Crippen LogP contribution in [-0.2, 0) is 11.3 Å². The largest absolute Gasteiger partial charge is 0.373 e. The maximum Gasteiger partial charge on any atom is 0.130 e. The number of benzene rings is 1. The number of ether oxygens (including phenoxy) is 1. The summed E-state index contributed by atoms with van der Waals surface area (Å²) in [6, 6.07) is 7.03. The summed E-state index contributed by atoms with van der Waals surface area (Å²) in [7, 11) is 1.98. The van der Waals surface area contributed by atoms with Crippen molar-refractivity contribution in [3.05, 3.63) is 35.1 Å². The van der Waals surface area contributed by atoms with E-state index < -0.39 is 0 Å². The smallest absolute Gasteiger partial charge is 0.130 e. The predicted octanol–water partition coefficient (Wildman–Crippen LogP) is 2.74. The molecule has 1 fully saturated rings. The van der Waals surface area contributed by atoms with Crippen LogP contribution in [0, 0.1) is 17.1 Å². The Bertz CT molecular complexity index is 462. The molecular weight excluding hydrogens is 243 g/mol. The first-order valence-corrected chi connectivity index (χ1v) is 6.70. The third kappa shape index (κ3) is 3.76. The molecule has 2 rings (SSSR count). The van der Waals surface area contributed by atoms with Crippen LogP contribution in [0.2, 0.25) is 0 Å². The first kappa shape index (κ1) is 14.0. The molecule has 1 aromatic rings. The molecule has 3 nitrogen and oxygen atoms in total. The maximum atomic E-state index is 13.7. The van der Waals surface area contributed by atoms with Gasteiger partial charge in [0.05, 0.1) is 24.3 Å². The van der Waals surface area contributed by atoms with E-state index in [0.29, 0.717) is 17.2 Å². The fourth-order valence-corrected chi connectivity index (χ4v) is 2.46. The lowest BCUT2D eigenvalue weighted by Crippen LogP contribution is -2.32. The highest BCUT2D eigenvalue weighted by molar-refractivity contribution is 5.32. The Balaban J connectivity index is 1.85. The van der Waals surface area contributed by atoms with Gasteiger partial charge in [0.1, 0.15) is 5.82 Å². The molecule has 0 spiro atoms. The number of rotatable bonds is 4. The third-order valence-electron chi connectivity index (χ3n) is 3.74. The monoisotopic (exact) mass is 262 g/mol. The summed E-state index contributed by atoms with van der Waals surface area (Å²) in [6.07, 6.45) is 4.47. The minimum Gasteiger partial charge on any atom is -0.373 e. The molecule has 1 aromatic carbocycles. The third-order valence-corrected chi connectivity index (χ3v) is 3.74. The molecule has 0 heterocycles. The van der Waals surface area contributed by atoms with Gasteiger partial charge in [-0.05, 0) is 44.9 Å². The van der Waals surface area contributed by atoms with Crippen molar-refractivity contribution in [2.24, 2.45) is 0 Å². The van der Waals surface area contributed by atoms with E-state index in [9.17, 15) is 4.39 Å². The number of hydrogen-bond acceptors (Lipinski definition) is 3. The first-order valence-electron chi connectivity index (χ1n) is 6.70. The predicted molar refractivity (Wildman–Crippen MR) is 71.0 cm³/mol. The summed E-state index contributed by atoms with van der Waals surface area (Å²) in [5.41, 5.74) is 0.866. The van der Waals surface area contributed by atoms with Crippen LogP contribution in [-0.4, -0.2) is 19.2 Å². The average Bonchev–Trinajstić information content (AvgIpc) is 2.46. The minimum atomic E-state index is -0.358. The van der Waals surface area contributed by atoms with Gasteiger partial charge in [-0.1, -0.05) is 6.07 Å². The van der Waals surface area contributed by atoms with E-state index in [1.165, 1.54) is 6.07 Å². The van der Waals surface area contributed by atoms with Crippen LogP contribution in [0.1, 0.15) is 36.8 Å². The van der Waals surface area contributed by atoms with Crippen molar-refractivity contribution < 1.29 is 9.13 Å². The van der Waals surface area contributed by atoms with Crippen LogP contribution in [0.3, 0.4) is 0 Å². The Morgan fingerprint density at radius 2 is 2.11 bits per heavy atom. The highest BCUT2D eigenvalue weighted by Gasteiger charge is 2.20. The van der Waals surface area contributed by atoms with E-state index in [-0.39, 0.29) is 18.5 Å². The Kier molecular flexibility index (Phi) is 4.89. The molecule has 0 amide bonds. The second-order valence-electron chi connectivity index (χ2n) is 4.99. The lowest BCUT2D eigenvalue weighted by atomic mass is 9.93. The molecule has 0 saturated heterocycles. The molecule has 0 unspecified atom stereocenters. The van der Waals surface area contributed by atoms with Gasteiger partial charge < -0.3 is 10.1 Å². The molecule has 1 aliphatic carbocycles. The molecular formula is C15H19FN2O. The Labute approximate surface area is 113 Å². The summed E-state index contributed by atoms with van der Waals surface area (Å²) >= 11 is 0. The van der Waals surface area contributed by atoms with Crippen molar-refractivity contribution in [1.29, 1.82) is 5.26 Å². The number of nitriles is 1. The first-order chi connectivity index (χ1) is 9.22. The van der Waals surface area contributed by atoms with E-state index in [1.807, 2.05) is 13.1 Å². The number of nitrogens with one attached hydrogen (secondary N) is 1.